The number of nitrogens with zero attached hydrogens (tertiary/aromatic N) is 5. The molecule has 5 fully saturated rings. The fourth-order valence-corrected chi connectivity index (χ4v) is 12.1. The molecule has 5 heterocycles. The lowest BCUT2D eigenvalue weighted by Gasteiger charge is -2.35. The molecule has 0 aliphatic carbocycles. The van der Waals surface area contributed by atoms with Crippen molar-refractivity contribution in [1.82, 2.24) is 51.1 Å². The maximum atomic E-state index is 15.2. The molecule has 26 nitrogen and oxygen atoms in total. The van der Waals surface area contributed by atoms with Crippen LogP contribution >= 0.6 is 0 Å². The van der Waals surface area contributed by atoms with E-state index < -0.39 is 163 Å². The number of ether oxygens (including phenoxy) is 1. The van der Waals surface area contributed by atoms with E-state index in [9.17, 15) is 68.4 Å². The number of nitrogens with one attached hydrogen (secondary N) is 5. The smallest absolute Gasteiger partial charge is 0.328 e. The number of benzene rings is 2. The van der Waals surface area contributed by atoms with Gasteiger partial charge in [-0.25, -0.2) is 4.79 Å². The van der Waals surface area contributed by atoms with E-state index in [1.807, 2.05) is 13.8 Å². The summed E-state index contributed by atoms with van der Waals surface area (Å²) in [4.78, 5) is 165. The molecule has 14 unspecified atom stereocenters. The summed E-state index contributed by atoms with van der Waals surface area (Å²) in [6.07, 6.45) is -2.56. The van der Waals surface area contributed by atoms with Crippen LogP contribution in [0.2, 0.25) is 0 Å². The summed E-state index contributed by atoms with van der Waals surface area (Å²) < 4.78 is 5.88. The van der Waals surface area contributed by atoms with Crippen LogP contribution in [0.3, 0.4) is 0 Å². The van der Waals surface area contributed by atoms with E-state index in [1.54, 1.807) is 51.1 Å². The van der Waals surface area contributed by atoms with Gasteiger partial charge in [-0.05, 0) is 66.7 Å². The Bertz CT molecular complexity index is 2820. The van der Waals surface area contributed by atoms with Gasteiger partial charge >= 0.3 is 5.97 Å². The van der Waals surface area contributed by atoms with Gasteiger partial charge in [-0.3, -0.25) is 47.9 Å². The number of esters is 1. The molecule has 7 rings (SSSR count). The van der Waals surface area contributed by atoms with Crippen molar-refractivity contribution in [3.8, 4) is 5.75 Å². The van der Waals surface area contributed by atoms with Crippen molar-refractivity contribution < 1.29 is 77.9 Å². The second-order valence-corrected chi connectivity index (χ2v) is 24.1. The Labute approximate surface area is 500 Å². The number of hydrogen-bond donors (Lipinski definition) is 9. The number of carbonyl (C=O) groups excluding carboxylic acids is 11. The molecule has 10 amide bonds. The molecule has 0 bridgehead atoms. The third-order valence-corrected chi connectivity index (χ3v) is 17.1. The van der Waals surface area contributed by atoms with E-state index in [1.165, 1.54) is 52.9 Å². The van der Waals surface area contributed by atoms with Crippen LogP contribution in [-0.4, -0.2) is 229 Å². The number of cyclic esters (lactones) is 1. The summed E-state index contributed by atoms with van der Waals surface area (Å²) in [5.74, 6) is -10.3. The van der Waals surface area contributed by atoms with Gasteiger partial charge in [-0.1, -0.05) is 83.5 Å². The molecular formula is C60H84N10O16. The van der Waals surface area contributed by atoms with E-state index >= 15 is 4.79 Å². The van der Waals surface area contributed by atoms with E-state index in [0.717, 1.165) is 9.80 Å². The highest BCUT2D eigenvalue weighted by Crippen LogP contribution is 2.31. The molecule has 26 heteroatoms. The van der Waals surface area contributed by atoms with Gasteiger partial charge in [-0.2, -0.15) is 0 Å². The summed E-state index contributed by atoms with van der Waals surface area (Å²) in [6.45, 7) is 7.45. The minimum absolute atomic E-state index is 0.000260. The quantitative estimate of drug-likeness (QED) is 0.106. The van der Waals surface area contributed by atoms with Crippen LogP contribution in [-0.2, 0) is 70.3 Å². The summed E-state index contributed by atoms with van der Waals surface area (Å²) >= 11 is 0. The van der Waals surface area contributed by atoms with Crippen molar-refractivity contribution in [1.29, 1.82) is 0 Å². The maximum absolute atomic E-state index is 15.2. The van der Waals surface area contributed by atoms with E-state index in [4.69, 9.17) is 4.74 Å². The van der Waals surface area contributed by atoms with Crippen molar-refractivity contribution in [3.05, 3.63) is 65.7 Å². The highest BCUT2D eigenvalue weighted by atomic mass is 16.5. The zero-order valence-electron chi connectivity index (χ0n) is 49.9. The van der Waals surface area contributed by atoms with Crippen LogP contribution in [0.25, 0.3) is 0 Å². The fraction of sp³-hybridized carbons (Fsp3) is 0.617. The van der Waals surface area contributed by atoms with Crippen molar-refractivity contribution in [2.75, 3.05) is 46.4 Å². The normalized spacial score (nSPS) is 29.3. The van der Waals surface area contributed by atoms with Crippen molar-refractivity contribution in [2.24, 2.45) is 17.8 Å². The first-order valence-electron chi connectivity index (χ1n) is 29.7. The number of rotatable bonds is 12. The SMILES string of the molecule is CCC(C)C1NC(=O)C(CC(C)C)NC(=O)C2CC(C)CN2C(=O)C(NC(=O)C(Cc2ccccc2)N(C)C(C)=O)COC(=O)C2CCCN2C(=O)C2CC(O)CN2C(=O)C2CC(O)CN2C(=O)C(CO)NC(=O)C(Cc2ccc(O)cc2)NC1=O. The third-order valence-electron chi connectivity index (χ3n) is 17.1. The second-order valence-electron chi connectivity index (χ2n) is 24.1. The molecule has 5 saturated heterocycles. The molecule has 5 aliphatic heterocycles. The molecular weight excluding hydrogens is 1120 g/mol. The van der Waals surface area contributed by atoms with Crippen LogP contribution in [0.4, 0.5) is 0 Å². The van der Waals surface area contributed by atoms with Crippen molar-refractivity contribution in [2.45, 2.75) is 172 Å². The Morgan fingerprint density at radius 1 is 0.686 bits per heavy atom. The van der Waals surface area contributed by atoms with Gasteiger partial charge in [0.25, 0.3) is 0 Å². The summed E-state index contributed by atoms with van der Waals surface area (Å²) in [5.41, 5.74) is 1.11. The standard InChI is InChI=1S/C60H84N10O16/c1-8-34(5)50-55(80)62-42(23-37-16-18-38(73)19-17-37)51(76)63-43(30-71)56(81)69-28-39(74)26-49(69)59(84)70-29-40(75)25-48(70)58(83)67-20-12-15-45(67)60(85)86-31-44(64-53(78)46(66(7)35(6)72)24-36-13-10-9-11-14-36)57(82)68-27-33(4)22-47(68)54(79)61-41(21-32(2)3)52(77)65-50/h9-11,13-14,16-19,32-34,39-50,71,73-75H,8,12,15,20-31H2,1-7H3,(H,61,79)(H,62,80)(H,63,76)(H,64,78)(H,65,77). The summed E-state index contributed by atoms with van der Waals surface area (Å²) in [6, 6.07) is 0.280. The Morgan fingerprint density at radius 2 is 1.27 bits per heavy atom. The average molecular weight is 1200 g/mol. The molecule has 2 aromatic carbocycles. The minimum Gasteiger partial charge on any atom is -0.508 e. The van der Waals surface area contributed by atoms with Crippen LogP contribution < -0.4 is 26.6 Å². The number of aromatic hydroxyl groups is 1. The summed E-state index contributed by atoms with van der Waals surface area (Å²) in [5, 5.41) is 56.4. The lowest BCUT2D eigenvalue weighted by atomic mass is 9.95. The molecule has 470 valence electrons. The number of likely N-dealkylation sites (N-methyl/N-ethyl adjacent to an activating group) is 1. The molecule has 9 N–H and O–H groups in total. The largest absolute Gasteiger partial charge is 0.508 e. The molecule has 0 radical (unpaired) electrons. The molecule has 2 aromatic rings. The number of fused-ring (bicyclic) bond motifs is 4. The monoisotopic (exact) mass is 1200 g/mol. The third kappa shape index (κ3) is 15.8. The van der Waals surface area contributed by atoms with Crippen LogP contribution in [0.1, 0.15) is 97.6 Å². The fourth-order valence-electron chi connectivity index (χ4n) is 12.1. The lowest BCUT2D eigenvalue weighted by Crippen LogP contribution is -2.62. The topological polar surface area (TPSA) is 354 Å². The lowest BCUT2D eigenvalue weighted by molar-refractivity contribution is -0.158. The summed E-state index contributed by atoms with van der Waals surface area (Å²) in [7, 11) is 1.42. The number of carbonyl (C=O) groups is 11. The van der Waals surface area contributed by atoms with Gasteiger partial charge in [-0.15, -0.1) is 0 Å². The van der Waals surface area contributed by atoms with Gasteiger partial charge < -0.3 is 76.2 Å². The number of phenols is 1. The Morgan fingerprint density at radius 3 is 1.87 bits per heavy atom. The zero-order chi connectivity index (χ0) is 62.8. The molecule has 0 aromatic heterocycles. The van der Waals surface area contributed by atoms with Gasteiger partial charge in [0.2, 0.25) is 59.1 Å². The Balaban J connectivity index is 1.28. The molecule has 86 heavy (non-hydrogen) atoms. The predicted molar refractivity (Wildman–Crippen MR) is 307 cm³/mol. The molecule has 0 spiro atoms. The number of phenolic OH excluding ortho intramolecular Hbond substituents is 1. The Kier molecular flexibility index (Phi) is 22.3. The highest BCUT2D eigenvalue weighted by molar-refractivity contribution is 6.00. The minimum atomic E-state index is -1.77. The van der Waals surface area contributed by atoms with Gasteiger partial charge in [0, 0.05) is 65.8 Å². The van der Waals surface area contributed by atoms with Crippen LogP contribution in [0.15, 0.2) is 54.6 Å². The van der Waals surface area contributed by atoms with Gasteiger partial charge in [0.15, 0.2) is 0 Å². The number of amides is 10. The van der Waals surface area contributed by atoms with Crippen molar-refractivity contribution >= 4 is 65.0 Å². The van der Waals surface area contributed by atoms with Gasteiger partial charge in [0.05, 0.1) is 18.8 Å². The molecule has 5 aliphatic rings. The predicted octanol–water partition coefficient (Wildman–Crippen LogP) is -1.76. The first-order chi connectivity index (χ1) is 40.8. The highest BCUT2D eigenvalue weighted by Gasteiger charge is 2.51. The second kappa shape index (κ2) is 29.1. The molecule has 14 atom stereocenters. The first-order valence-corrected chi connectivity index (χ1v) is 29.7. The molecule has 0 saturated carbocycles. The van der Waals surface area contributed by atoms with E-state index in [-0.39, 0.29) is 88.6 Å². The van der Waals surface area contributed by atoms with Crippen molar-refractivity contribution in [3.63, 3.8) is 0 Å². The number of aliphatic hydroxyl groups excluding tert-OH is 3. The van der Waals surface area contributed by atoms with Crippen LogP contribution in [0, 0.1) is 17.8 Å². The number of aliphatic hydroxyl groups is 3. The first kappa shape index (κ1) is 65.8. The van der Waals surface area contributed by atoms with E-state index in [2.05, 4.69) is 26.6 Å². The van der Waals surface area contributed by atoms with Crippen LogP contribution in [0.5, 0.6) is 5.75 Å². The maximum Gasteiger partial charge on any atom is 0.328 e. The van der Waals surface area contributed by atoms with E-state index in [0.29, 0.717) is 17.5 Å². The van der Waals surface area contributed by atoms with Gasteiger partial charge in [0.1, 0.15) is 72.8 Å². The average Bonchev–Trinajstić information content (AvgIpc) is 2.13. The Hall–Kier alpha value is -7.71. The number of hydrogen-bond acceptors (Lipinski definition) is 16. The zero-order valence-corrected chi connectivity index (χ0v) is 49.9.